The van der Waals surface area contributed by atoms with Gasteiger partial charge in [0.25, 0.3) is 0 Å². The third-order valence-electron chi connectivity index (χ3n) is 2.53. The molecule has 8 heteroatoms. The lowest BCUT2D eigenvalue weighted by Crippen LogP contribution is -2.41. The minimum Gasteiger partial charge on any atom is -0.489 e. The van der Waals surface area contributed by atoms with Gasteiger partial charge >= 0.3 is 6.03 Å². The number of hydrogen-bond donors (Lipinski definition) is 1. The number of benzene rings is 1. The number of nitrogens with zero attached hydrogens (tertiary/aromatic N) is 1. The average Bonchev–Trinajstić information content (AvgIpc) is 2.40. The summed E-state index contributed by atoms with van der Waals surface area (Å²) in [6.45, 7) is 2.91. The number of halogens is 3. The standard InChI is InChI=1S/C13H15Cl3N2O3/c1-2-3-18(13(20)17-8-19)4-5-21-12-10(15)6-9(14)7-11(12)16/h6-8H,2-5H2,1H3,(H,17,19,20). The van der Waals surface area contributed by atoms with Crippen LogP contribution >= 0.6 is 34.8 Å². The minimum atomic E-state index is -0.469. The van der Waals surface area contributed by atoms with Crippen molar-refractivity contribution in [2.45, 2.75) is 13.3 Å². The third-order valence-corrected chi connectivity index (χ3v) is 3.31. The van der Waals surface area contributed by atoms with E-state index in [-0.39, 0.29) is 6.61 Å². The molecule has 0 bridgehead atoms. The summed E-state index contributed by atoms with van der Waals surface area (Å²) < 4.78 is 5.50. The summed E-state index contributed by atoms with van der Waals surface area (Å²) in [6, 6.07) is 2.57. The highest BCUT2D eigenvalue weighted by atomic mass is 35.5. The van der Waals surface area contributed by atoms with Crippen LogP contribution in [0.3, 0.4) is 0 Å². The van der Waals surface area contributed by atoms with Crippen LogP contribution in [0.1, 0.15) is 13.3 Å². The Morgan fingerprint density at radius 3 is 2.43 bits per heavy atom. The Labute approximate surface area is 138 Å². The highest BCUT2D eigenvalue weighted by Gasteiger charge is 2.13. The SMILES string of the molecule is CCCN(CCOc1c(Cl)cc(Cl)cc1Cl)C(=O)NC=O. The first-order valence-electron chi connectivity index (χ1n) is 6.26. The van der Waals surface area contributed by atoms with Crippen LogP contribution in [0.4, 0.5) is 4.79 Å². The molecular weight excluding hydrogens is 339 g/mol. The molecule has 3 amide bonds. The van der Waals surface area contributed by atoms with Crippen molar-refractivity contribution in [2.75, 3.05) is 19.7 Å². The van der Waals surface area contributed by atoms with E-state index in [4.69, 9.17) is 39.5 Å². The molecule has 1 aromatic rings. The quantitative estimate of drug-likeness (QED) is 0.762. The van der Waals surface area contributed by atoms with Crippen LogP contribution in [0.15, 0.2) is 12.1 Å². The molecule has 0 aliphatic carbocycles. The fraction of sp³-hybridized carbons (Fsp3) is 0.385. The fourth-order valence-corrected chi connectivity index (χ4v) is 2.58. The van der Waals surface area contributed by atoms with Crippen molar-refractivity contribution < 1.29 is 14.3 Å². The van der Waals surface area contributed by atoms with Gasteiger partial charge in [-0.2, -0.15) is 0 Å². The lowest BCUT2D eigenvalue weighted by molar-refractivity contribution is -0.108. The molecule has 0 aliphatic heterocycles. The van der Waals surface area contributed by atoms with Crippen molar-refractivity contribution in [1.82, 2.24) is 10.2 Å². The van der Waals surface area contributed by atoms with E-state index in [1.807, 2.05) is 6.92 Å². The molecule has 0 radical (unpaired) electrons. The van der Waals surface area contributed by atoms with Gasteiger partial charge in [-0.15, -0.1) is 0 Å². The number of urea groups is 1. The monoisotopic (exact) mass is 352 g/mol. The second-order valence-electron chi connectivity index (χ2n) is 4.10. The highest BCUT2D eigenvalue weighted by molar-refractivity contribution is 6.40. The van der Waals surface area contributed by atoms with Gasteiger partial charge in [-0.1, -0.05) is 41.7 Å². The highest BCUT2D eigenvalue weighted by Crippen LogP contribution is 2.35. The van der Waals surface area contributed by atoms with Crippen molar-refractivity contribution >= 4 is 47.2 Å². The molecule has 21 heavy (non-hydrogen) atoms. The Kier molecular flexibility index (Phi) is 7.64. The van der Waals surface area contributed by atoms with Crippen molar-refractivity contribution in [3.8, 4) is 5.75 Å². The summed E-state index contributed by atoms with van der Waals surface area (Å²) in [6.07, 6.45) is 1.10. The van der Waals surface area contributed by atoms with E-state index in [1.54, 1.807) is 0 Å². The molecule has 116 valence electrons. The summed E-state index contributed by atoms with van der Waals surface area (Å²) in [5, 5.41) is 3.10. The van der Waals surface area contributed by atoms with Gasteiger partial charge in [0.05, 0.1) is 16.6 Å². The lowest BCUT2D eigenvalue weighted by Gasteiger charge is -2.21. The third kappa shape index (κ3) is 5.61. The van der Waals surface area contributed by atoms with Crippen LogP contribution in [0.25, 0.3) is 0 Å². The predicted molar refractivity (Wildman–Crippen MR) is 83.4 cm³/mol. The second-order valence-corrected chi connectivity index (χ2v) is 5.35. The van der Waals surface area contributed by atoms with Crippen molar-refractivity contribution in [3.05, 3.63) is 27.2 Å². The molecule has 0 spiro atoms. The largest absolute Gasteiger partial charge is 0.489 e. The van der Waals surface area contributed by atoms with Crippen LogP contribution < -0.4 is 10.1 Å². The van der Waals surface area contributed by atoms with Crippen LogP contribution in [0.5, 0.6) is 5.75 Å². The second kappa shape index (κ2) is 8.97. The Morgan fingerprint density at radius 2 is 1.90 bits per heavy atom. The molecule has 0 saturated heterocycles. The first kappa shape index (κ1) is 17.9. The summed E-state index contributed by atoms with van der Waals surface area (Å²) in [7, 11) is 0. The molecule has 0 aromatic heterocycles. The van der Waals surface area contributed by atoms with E-state index in [9.17, 15) is 9.59 Å². The molecule has 0 heterocycles. The summed E-state index contributed by atoms with van der Waals surface area (Å²) in [5.41, 5.74) is 0. The number of imide groups is 1. The molecular formula is C13H15Cl3N2O3. The summed E-state index contributed by atoms with van der Waals surface area (Å²) in [5.74, 6) is 0.315. The van der Waals surface area contributed by atoms with E-state index < -0.39 is 6.03 Å². The lowest BCUT2D eigenvalue weighted by atomic mass is 10.3. The van der Waals surface area contributed by atoms with Gasteiger partial charge in [-0.3, -0.25) is 10.1 Å². The van der Waals surface area contributed by atoms with Crippen molar-refractivity contribution in [3.63, 3.8) is 0 Å². The van der Waals surface area contributed by atoms with E-state index in [0.29, 0.717) is 40.3 Å². The Balaban J connectivity index is 2.62. The van der Waals surface area contributed by atoms with E-state index in [2.05, 4.69) is 5.32 Å². The van der Waals surface area contributed by atoms with Crippen LogP contribution in [-0.2, 0) is 4.79 Å². The Morgan fingerprint density at radius 1 is 1.29 bits per heavy atom. The molecule has 1 aromatic carbocycles. The van der Waals surface area contributed by atoms with Crippen molar-refractivity contribution in [1.29, 1.82) is 0 Å². The predicted octanol–water partition coefficient (Wildman–Crippen LogP) is 3.60. The number of hydrogen-bond acceptors (Lipinski definition) is 3. The van der Waals surface area contributed by atoms with Gasteiger partial charge in [0.15, 0.2) is 5.75 Å². The van der Waals surface area contributed by atoms with E-state index in [1.165, 1.54) is 17.0 Å². The van der Waals surface area contributed by atoms with Crippen LogP contribution in [0.2, 0.25) is 15.1 Å². The Bertz CT molecular complexity index is 488. The number of amides is 3. The van der Waals surface area contributed by atoms with Gasteiger partial charge < -0.3 is 9.64 Å². The zero-order valence-corrected chi connectivity index (χ0v) is 13.6. The molecule has 0 atom stereocenters. The number of carbonyl (C=O) groups excluding carboxylic acids is 2. The maximum atomic E-state index is 11.6. The molecule has 0 unspecified atom stereocenters. The number of carbonyl (C=O) groups is 2. The first-order chi connectivity index (χ1) is 9.99. The van der Waals surface area contributed by atoms with Gasteiger partial charge in [0.2, 0.25) is 6.41 Å². The maximum Gasteiger partial charge on any atom is 0.323 e. The molecule has 5 nitrogen and oxygen atoms in total. The van der Waals surface area contributed by atoms with E-state index >= 15 is 0 Å². The van der Waals surface area contributed by atoms with E-state index in [0.717, 1.165) is 6.42 Å². The summed E-state index contributed by atoms with van der Waals surface area (Å²) >= 11 is 17.8. The molecule has 0 fully saturated rings. The smallest absolute Gasteiger partial charge is 0.323 e. The average molecular weight is 354 g/mol. The maximum absolute atomic E-state index is 11.6. The van der Waals surface area contributed by atoms with Crippen LogP contribution in [0, 0.1) is 0 Å². The molecule has 1 rings (SSSR count). The zero-order chi connectivity index (χ0) is 15.8. The topological polar surface area (TPSA) is 58.6 Å². The van der Waals surface area contributed by atoms with Crippen LogP contribution in [-0.4, -0.2) is 37.0 Å². The van der Waals surface area contributed by atoms with Gasteiger partial charge in [-0.05, 0) is 18.6 Å². The number of nitrogens with one attached hydrogen (secondary N) is 1. The number of ether oxygens (including phenoxy) is 1. The normalized spacial score (nSPS) is 10.1. The van der Waals surface area contributed by atoms with Gasteiger partial charge in [-0.25, -0.2) is 4.79 Å². The molecule has 1 N–H and O–H groups in total. The first-order valence-corrected chi connectivity index (χ1v) is 7.39. The number of rotatable bonds is 7. The zero-order valence-electron chi connectivity index (χ0n) is 11.4. The molecule has 0 aliphatic rings. The van der Waals surface area contributed by atoms with Gasteiger partial charge in [0.1, 0.15) is 6.61 Å². The Hall–Kier alpha value is -1.17. The molecule has 0 saturated carbocycles. The minimum absolute atomic E-state index is 0.188. The van der Waals surface area contributed by atoms with Gasteiger partial charge in [0, 0.05) is 11.6 Å². The summed E-state index contributed by atoms with van der Waals surface area (Å²) in [4.78, 5) is 23.4. The fourth-order valence-electron chi connectivity index (χ4n) is 1.65. The van der Waals surface area contributed by atoms with Crippen molar-refractivity contribution in [2.24, 2.45) is 0 Å².